The lowest BCUT2D eigenvalue weighted by atomic mass is 10.0. The van der Waals surface area contributed by atoms with Crippen LogP contribution in [0.15, 0.2) is 6.20 Å². The van der Waals surface area contributed by atoms with Crippen molar-refractivity contribution in [2.24, 2.45) is 0 Å². The van der Waals surface area contributed by atoms with E-state index in [0.717, 1.165) is 6.20 Å². The van der Waals surface area contributed by atoms with Crippen LogP contribution in [0.4, 0.5) is 8.78 Å². The topological polar surface area (TPSA) is 36.7 Å². The predicted octanol–water partition coefficient (Wildman–Crippen LogP) is 2.94. The highest BCUT2D eigenvalue weighted by Crippen LogP contribution is 2.25. The Morgan fingerprint density at radius 1 is 1.64 bits per heavy atom. The molecule has 0 N–H and O–H groups in total. The minimum atomic E-state index is -2.66. The highest BCUT2D eigenvalue weighted by Gasteiger charge is 2.17. The quantitative estimate of drug-likeness (QED) is 0.713. The smallest absolute Gasteiger partial charge is 0.254 e. The number of alkyl halides is 3. The summed E-state index contributed by atoms with van der Waals surface area (Å²) < 4.78 is 24.9. The van der Waals surface area contributed by atoms with Gasteiger partial charge in [0.05, 0.1) is 5.56 Å². The molecule has 0 aliphatic carbocycles. The first-order valence-electron chi connectivity index (χ1n) is 3.84. The first kappa shape index (κ1) is 10.9. The lowest BCUT2D eigenvalue weighted by Crippen LogP contribution is -2.01. The Morgan fingerprint density at radius 3 is 2.71 bits per heavy atom. The molecule has 0 aliphatic rings. The number of rotatable bonds is 2. The van der Waals surface area contributed by atoms with Crippen LogP contribution in [-0.2, 0) is 5.88 Å². The third kappa shape index (κ3) is 1.83. The molecule has 0 radical (unpaired) electrons. The van der Waals surface area contributed by atoms with Crippen molar-refractivity contribution in [3.63, 3.8) is 0 Å². The van der Waals surface area contributed by atoms with Gasteiger partial charge in [0, 0.05) is 12.1 Å². The van der Waals surface area contributed by atoms with Crippen molar-refractivity contribution in [2.45, 2.75) is 19.2 Å². The average Bonchev–Trinajstić information content (AvgIpc) is 2.17. The maximum absolute atomic E-state index is 12.4. The van der Waals surface area contributed by atoms with Gasteiger partial charge in [0.2, 0.25) is 0 Å². The summed E-state index contributed by atoms with van der Waals surface area (Å²) in [4.78, 5) is 3.52. The summed E-state index contributed by atoms with van der Waals surface area (Å²) in [6, 6.07) is 1.87. The molecule has 0 aromatic carbocycles. The van der Waals surface area contributed by atoms with E-state index < -0.39 is 6.43 Å². The van der Waals surface area contributed by atoms with Crippen LogP contribution in [0.5, 0.6) is 0 Å². The van der Waals surface area contributed by atoms with Gasteiger partial charge in [-0.1, -0.05) is 0 Å². The summed E-state index contributed by atoms with van der Waals surface area (Å²) in [6.45, 7) is 1.59. The van der Waals surface area contributed by atoms with Gasteiger partial charge in [-0.15, -0.1) is 11.6 Å². The van der Waals surface area contributed by atoms with Crippen molar-refractivity contribution in [3.05, 3.63) is 28.6 Å². The third-order valence-corrected chi connectivity index (χ3v) is 2.23. The molecule has 0 fully saturated rings. The number of pyridine rings is 1. The summed E-state index contributed by atoms with van der Waals surface area (Å²) in [5.74, 6) is -0.0615. The zero-order valence-corrected chi connectivity index (χ0v) is 8.15. The van der Waals surface area contributed by atoms with Gasteiger partial charge in [-0.3, -0.25) is 4.98 Å². The summed E-state index contributed by atoms with van der Waals surface area (Å²) in [5, 5.41) is 8.65. The van der Waals surface area contributed by atoms with Crippen LogP contribution in [-0.4, -0.2) is 4.98 Å². The summed E-state index contributed by atoms with van der Waals surface area (Å²) in [6.07, 6.45) is -1.51. The van der Waals surface area contributed by atoms with Crippen molar-refractivity contribution in [2.75, 3.05) is 0 Å². The number of aromatic nitrogens is 1. The number of nitrogens with zero attached hydrogens (tertiary/aromatic N) is 2. The molecule has 0 unspecified atom stereocenters. The second kappa shape index (κ2) is 4.34. The third-order valence-electron chi connectivity index (χ3n) is 1.96. The molecule has 0 bridgehead atoms. The van der Waals surface area contributed by atoms with Crippen LogP contribution in [0.1, 0.15) is 28.8 Å². The summed E-state index contributed by atoms with van der Waals surface area (Å²) in [7, 11) is 0. The van der Waals surface area contributed by atoms with E-state index in [4.69, 9.17) is 16.9 Å². The van der Waals surface area contributed by atoms with Crippen molar-refractivity contribution < 1.29 is 8.78 Å². The van der Waals surface area contributed by atoms with Gasteiger partial charge >= 0.3 is 0 Å². The fourth-order valence-electron chi connectivity index (χ4n) is 1.13. The first-order chi connectivity index (χ1) is 6.61. The molecule has 74 valence electrons. The lowest BCUT2D eigenvalue weighted by molar-refractivity contribution is 0.145. The Morgan fingerprint density at radius 2 is 2.29 bits per heavy atom. The molecule has 0 spiro atoms. The largest absolute Gasteiger partial charge is 0.280 e. The zero-order chi connectivity index (χ0) is 10.7. The maximum atomic E-state index is 12.4. The van der Waals surface area contributed by atoms with E-state index in [1.165, 1.54) is 0 Å². The number of hydrogen-bond acceptors (Lipinski definition) is 2. The van der Waals surface area contributed by atoms with Gasteiger partial charge in [0.15, 0.2) is 0 Å². The molecule has 0 amide bonds. The van der Waals surface area contributed by atoms with Gasteiger partial charge in [0.1, 0.15) is 11.8 Å². The molecule has 0 atom stereocenters. The summed E-state index contributed by atoms with van der Waals surface area (Å²) in [5.41, 5.74) is 0.676. The Bertz CT molecular complexity index is 385. The van der Waals surface area contributed by atoms with E-state index >= 15 is 0 Å². The normalized spacial score (nSPS) is 10.3. The fraction of sp³-hybridized carbons (Fsp3) is 0.333. The SMILES string of the molecule is Cc1c(C#N)cnc(C(F)F)c1CCl. The molecule has 5 heteroatoms. The molecule has 0 saturated carbocycles. The molecule has 1 aromatic rings. The predicted molar refractivity (Wildman–Crippen MR) is 48.2 cm³/mol. The minimum Gasteiger partial charge on any atom is -0.254 e. The number of hydrogen-bond donors (Lipinski definition) is 0. The highest BCUT2D eigenvalue weighted by atomic mass is 35.5. The first-order valence-corrected chi connectivity index (χ1v) is 4.37. The fourth-order valence-corrected chi connectivity index (χ4v) is 1.47. The lowest BCUT2D eigenvalue weighted by Gasteiger charge is -2.09. The maximum Gasteiger partial charge on any atom is 0.280 e. The van der Waals surface area contributed by atoms with Crippen molar-refractivity contribution in [1.29, 1.82) is 5.26 Å². The number of halogens is 3. The van der Waals surface area contributed by atoms with E-state index in [1.54, 1.807) is 6.92 Å². The molecule has 1 aromatic heterocycles. The van der Waals surface area contributed by atoms with Crippen LogP contribution >= 0.6 is 11.6 Å². The molecule has 0 saturated heterocycles. The second-order valence-electron chi connectivity index (χ2n) is 2.71. The van der Waals surface area contributed by atoms with Gasteiger partial charge < -0.3 is 0 Å². The van der Waals surface area contributed by atoms with E-state index in [1.807, 2.05) is 6.07 Å². The van der Waals surface area contributed by atoms with Crippen LogP contribution in [0, 0.1) is 18.3 Å². The van der Waals surface area contributed by atoms with Gasteiger partial charge in [-0.25, -0.2) is 8.78 Å². The Balaban J connectivity index is 3.38. The van der Waals surface area contributed by atoms with E-state index in [-0.39, 0.29) is 22.7 Å². The van der Waals surface area contributed by atoms with Crippen LogP contribution in [0.2, 0.25) is 0 Å². The van der Waals surface area contributed by atoms with Crippen molar-refractivity contribution >= 4 is 11.6 Å². The van der Waals surface area contributed by atoms with Crippen molar-refractivity contribution in [1.82, 2.24) is 4.98 Å². The molecule has 2 nitrogen and oxygen atoms in total. The monoisotopic (exact) mass is 216 g/mol. The van der Waals surface area contributed by atoms with Gasteiger partial charge in [0.25, 0.3) is 6.43 Å². The Labute approximate surface area is 85.1 Å². The van der Waals surface area contributed by atoms with E-state index in [2.05, 4.69) is 4.98 Å². The Kier molecular flexibility index (Phi) is 3.37. The summed E-state index contributed by atoms with van der Waals surface area (Å²) >= 11 is 5.53. The molecule has 1 rings (SSSR count). The van der Waals surface area contributed by atoms with E-state index in [0.29, 0.717) is 5.56 Å². The van der Waals surface area contributed by atoms with Crippen LogP contribution in [0.3, 0.4) is 0 Å². The molecular formula is C9H7ClF2N2. The molecule has 14 heavy (non-hydrogen) atoms. The van der Waals surface area contributed by atoms with Crippen molar-refractivity contribution in [3.8, 4) is 6.07 Å². The molecular weight excluding hydrogens is 210 g/mol. The Hall–Kier alpha value is -1.21. The van der Waals surface area contributed by atoms with Crippen LogP contribution < -0.4 is 0 Å². The molecule has 1 heterocycles. The van der Waals surface area contributed by atoms with E-state index in [9.17, 15) is 8.78 Å². The zero-order valence-electron chi connectivity index (χ0n) is 7.39. The molecule has 0 aliphatic heterocycles. The number of nitriles is 1. The van der Waals surface area contributed by atoms with Gasteiger partial charge in [-0.05, 0) is 18.1 Å². The second-order valence-corrected chi connectivity index (χ2v) is 2.97. The van der Waals surface area contributed by atoms with Crippen LogP contribution in [0.25, 0.3) is 0 Å². The minimum absolute atomic E-state index is 0.0615. The highest BCUT2D eigenvalue weighted by molar-refractivity contribution is 6.17. The van der Waals surface area contributed by atoms with Gasteiger partial charge in [-0.2, -0.15) is 5.26 Å². The average molecular weight is 217 g/mol. The standard InChI is InChI=1S/C9H7ClF2N2/c1-5-6(3-13)4-14-8(9(11)12)7(5)2-10/h4,9H,2H2,1H3.